The Hall–Kier alpha value is -1.67. The molecule has 0 aliphatic rings. The Kier molecular flexibility index (Phi) is 3.58. The summed E-state index contributed by atoms with van der Waals surface area (Å²) in [5.74, 6) is 0.129. The molecule has 78 valence electrons. The van der Waals surface area contributed by atoms with Crippen LogP contribution in [-0.4, -0.2) is 5.11 Å². The number of phenols is 1. The lowest BCUT2D eigenvalue weighted by atomic mass is 10.1. The van der Waals surface area contributed by atoms with Crippen LogP contribution in [0.2, 0.25) is 0 Å². The molecule has 0 aliphatic carbocycles. The lowest BCUT2D eigenvalue weighted by Gasteiger charge is -2.03. The number of halogens is 1. The zero-order chi connectivity index (χ0) is 9.97. The second-order valence-electron chi connectivity index (χ2n) is 3.14. The van der Waals surface area contributed by atoms with Crippen LogP contribution in [0.15, 0.2) is 48.5 Å². The fraction of sp³-hybridized carbons (Fsp3) is 0. The van der Waals surface area contributed by atoms with Crippen molar-refractivity contribution in [1.29, 1.82) is 0 Å². The summed E-state index contributed by atoms with van der Waals surface area (Å²) in [6.07, 6.45) is 0. The van der Waals surface area contributed by atoms with Crippen LogP contribution in [0.1, 0.15) is 0 Å². The van der Waals surface area contributed by atoms with Gasteiger partial charge in [0.15, 0.2) is 0 Å². The normalized spacial score (nSPS) is 9.33. The fourth-order valence-corrected chi connectivity index (χ4v) is 1.36. The van der Waals surface area contributed by atoms with Crippen LogP contribution in [0.3, 0.4) is 0 Å². The van der Waals surface area contributed by atoms with Gasteiger partial charge in [0, 0.05) is 0 Å². The molecule has 0 saturated heterocycles. The molecule has 2 aromatic rings. The van der Waals surface area contributed by atoms with E-state index in [0.717, 1.165) is 11.1 Å². The highest BCUT2D eigenvalue weighted by atomic mass is 35.5. The minimum atomic E-state index is 0. The number of benzene rings is 2. The minimum absolute atomic E-state index is 0. The Balaban J connectivity index is 0.00000112. The number of hydrogen-bond acceptors (Lipinski definition) is 2. The monoisotopic (exact) mass is 221 g/mol. The lowest BCUT2D eigenvalue weighted by molar-refractivity contribution is 0.478. The molecule has 0 bridgehead atoms. The van der Waals surface area contributed by atoms with E-state index in [9.17, 15) is 5.11 Å². The molecule has 2 nitrogen and oxygen atoms in total. The first kappa shape index (κ1) is 11.4. The summed E-state index contributed by atoms with van der Waals surface area (Å²) in [5, 5.41) is 9.27. The second-order valence-corrected chi connectivity index (χ2v) is 3.14. The number of anilines is 1. The van der Waals surface area contributed by atoms with Gasteiger partial charge >= 0.3 is 0 Å². The number of hydrogen-bond donors (Lipinski definition) is 2. The third kappa shape index (κ3) is 2.42. The van der Waals surface area contributed by atoms with Gasteiger partial charge in [0.25, 0.3) is 0 Å². The van der Waals surface area contributed by atoms with E-state index in [0.29, 0.717) is 5.69 Å². The lowest BCUT2D eigenvalue weighted by Crippen LogP contribution is -1.86. The Labute approximate surface area is 94.8 Å². The number of nitrogens with two attached hydrogens (primary N) is 1. The predicted octanol–water partition coefficient (Wildman–Crippen LogP) is 3.06. The maximum absolute atomic E-state index is 9.27. The molecular formula is C12H12ClNO. The van der Waals surface area contributed by atoms with Gasteiger partial charge < -0.3 is 10.8 Å². The van der Waals surface area contributed by atoms with Crippen molar-refractivity contribution in [2.75, 3.05) is 5.73 Å². The van der Waals surface area contributed by atoms with Crippen molar-refractivity contribution < 1.29 is 5.11 Å². The van der Waals surface area contributed by atoms with E-state index >= 15 is 0 Å². The summed E-state index contributed by atoms with van der Waals surface area (Å²) in [7, 11) is 0. The van der Waals surface area contributed by atoms with E-state index in [1.54, 1.807) is 12.1 Å². The zero-order valence-electron chi connectivity index (χ0n) is 8.05. The van der Waals surface area contributed by atoms with Crippen molar-refractivity contribution in [2.45, 2.75) is 0 Å². The summed E-state index contributed by atoms with van der Waals surface area (Å²) in [6.45, 7) is 0. The third-order valence-corrected chi connectivity index (χ3v) is 2.13. The van der Waals surface area contributed by atoms with Crippen LogP contribution in [0.4, 0.5) is 5.69 Å². The predicted molar refractivity (Wildman–Crippen MR) is 65.2 cm³/mol. The van der Waals surface area contributed by atoms with E-state index in [2.05, 4.69) is 0 Å². The largest absolute Gasteiger partial charge is 0.506 e. The van der Waals surface area contributed by atoms with E-state index in [1.807, 2.05) is 36.4 Å². The molecule has 0 aromatic heterocycles. The van der Waals surface area contributed by atoms with Gasteiger partial charge in [0.1, 0.15) is 5.75 Å². The van der Waals surface area contributed by atoms with Crippen LogP contribution in [0, 0.1) is 0 Å². The second kappa shape index (κ2) is 4.71. The Morgan fingerprint density at radius 2 is 1.53 bits per heavy atom. The van der Waals surface area contributed by atoms with Gasteiger partial charge in [-0.1, -0.05) is 36.4 Å². The van der Waals surface area contributed by atoms with Crippen molar-refractivity contribution in [2.24, 2.45) is 0 Å². The topological polar surface area (TPSA) is 46.2 Å². The van der Waals surface area contributed by atoms with E-state index in [4.69, 9.17) is 5.73 Å². The van der Waals surface area contributed by atoms with Crippen LogP contribution >= 0.6 is 12.4 Å². The first-order valence-electron chi connectivity index (χ1n) is 4.41. The number of rotatable bonds is 1. The number of aromatic hydroxyl groups is 1. The van der Waals surface area contributed by atoms with E-state index in [-0.39, 0.29) is 18.2 Å². The first-order valence-corrected chi connectivity index (χ1v) is 4.41. The summed E-state index contributed by atoms with van der Waals surface area (Å²) in [5.41, 5.74) is 8.13. The standard InChI is InChI=1S/C12H11NO.ClH/c13-11-8-10(6-7-12(11)14)9-4-2-1-3-5-9;/h1-8,14H,13H2;1H. The Morgan fingerprint density at radius 1 is 0.867 bits per heavy atom. The Bertz CT molecular complexity index is 443. The van der Waals surface area contributed by atoms with Crippen LogP contribution in [-0.2, 0) is 0 Å². The highest BCUT2D eigenvalue weighted by molar-refractivity contribution is 5.85. The van der Waals surface area contributed by atoms with Crippen LogP contribution in [0.25, 0.3) is 11.1 Å². The molecule has 3 heteroatoms. The smallest absolute Gasteiger partial charge is 0.138 e. The molecule has 0 saturated carbocycles. The average Bonchev–Trinajstić information content (AvgIpc) is 2.23. The molecular weight excluding hydrogens is 210 g/mol. The average molecular weight is 222 g/mol. The van der Waals surface area contributed by atoms with Gasteiger partial charge in [-0.05, 0) is 23.3 Å². The molecule has 0 aliphatic heterocycles. The number of nitrogen functional groups attached to an aromatic ring is 1. The zero-order valence-corrected chi connectivity index (χ0v) is 8.87. The van der Waals surface area contributed by atoms with Crippen LogP contribution in [0.5, 0.6) is 5.75 Å². The van der Waals surface area contributed by atoms with Gasteiger partial charge in [0.05, 0.1) is 5.69 Å². The molecule has 2 rings (SSSR count). The molecule has 0 spiro atoms. The van der Waals surface area contributed by atoms with Crippen LogP contribution < -0.4 is 5.73 Å². The maximum Gasteiger partial charge on any atom is 0.138 e. The molecule has 3 N–H and O–H groups in total. The highest BCUT2D eigenvalue weighted by Crippen LogP contribution is 2.26. The van der Waals surface area contributed by atoms with Gasteiger partial charge in [-0.25, -0.2) is 0 Å². The fourth-order valence-electron chi connectivity index (χ4n) is 1.36. The van der Waals surface area contributed by atoms with Crippen molar-refractivity contribution in [1.82, 2.24) is 0 Å². The van der Waals surface area contributed by atoms with Crippen molar-refractivity contribution in [3.8, 4) is 16.9 Å². The summed E-state index contributed by atoms with van der Waals surface area (Å²) in [6, 6.07) is 15.1. The molecule has 0 fully saturated rings. The van der Waals surface area contributed by atoms with Gasteiger partial charge in [-0.2, -0.15) is 0 Å². The van der Waals surface area contributed by atoms with Gasteiger partial charge in [-0.3, -0.25) is 0 Å². The molecule has 2 aromatic carbocycles. The maximum atomic E-state index is 9.27. The van der Waals surface area contributed by atoms with Crippen molar-refractivity contribution in [3.63, 3.8) is 0 Å². The third-order valence-electron chi connectivity index (χ3n) is 2.13. The van der Waals surface area contributed by atoms with Gasteiger partial charge in [0.2, 0.25) is 0 Å². The summed E-state index contributed by atoms with van der Waals surface area (Å²) >= 11 is 0. The van der Waals surface area contributed by atoms with Crippen molar-refractivity contribution in [3.05, 3.63) is 48.5 Å². The molecule has 0 heterocycles. The Morgan fingerprint density at radius 3 is 2.13 bits per heavy atom. The molecule has 0 atom stereocenters. The first-order chi connectivity index (χ1) is 6.77. The summed E-state index contributed by atoms with van der Waals surface area (Å²) in [4.78, 5) is 0. The summed E-state index contributed by atoms with van der Waals surface area (Å²) < 4.78 is 0. The van der Waals surface area contributed by atoms with Crippen molar-refractivity contribution >= 4 is 18.1 Å². The van der Waals surface area contributed by atoms with Gasteiger partial charge in [-0.15, -0.1) is 12.4 Å². The molecule has 15 heavy (non-hydrogen) atoms. The van der Waals surface area contributed by atoms with E-state index < -0.39 is 0 Å². The minimum Gasteiger partial charge on any atom is -0.506 e. The molecule has 0 unspecified atom stereocenters. The quantitative estimate of drug-likeness (QED) is 0.574. The highest BCUT2D eigenvalue weighted by Gasteiger charge is 2.00. The molecule has 0 radical (unpaired) electrons. The van der Waals surface area contributed by atoms with E-state index in [1.165, 1.54) is 0 Å². The number of phenolic OH excluding ortho intramolecular Hbond substituents is 1. The SMILES string of the molecule is Cl.Nc1cc(-c2ccccc2)ccc1O. The molecule has 0 amide bonds.